The SMILES string of the molecule is CCSCC(C)NS(=O)(=O)c1cc(N)cc(F)c1C. The van der Waals surface area contributed by atoms with Gasteiger partial charge in [0.25, 0.3) is 0 Å². The van der Waals surface area contributed by atoms with E-state index >= 15 is 0 Å². The fourth-order valence-electron chi connectivity index (χ4n) is 1.61. The van der Waals surface area contributed by atoms with Gasteiger partial charge in [0.05, 0.1) is 4.90 Å². The van der Waals surface area contributed by atoms with E-state index in [1.807, 2.05) is 6.92 Å². The second kappa shape index (κ2) is 6.58. The summed E-state index contributed by atoms with van der Waals surface area (Å²) in [7, 11) is -3.75. The first-order chi connectivity index (χ1) is 8.77. The molecule has 0 heterocycles. The molecule has 0 saturated heterocycles. The highest BCUT2D eigenvalue weighted by atomic mass is 32.2. The van der Waals surface area contributed by atoms with Crippen molar-refractivity contribution in [2.24, 2.45) is 0 Å². The first-order valence-electron chi connectivity index (χ1n) is 5.93. The fourth-order valence-corrected chi connectivity index (χ4v) is 3.92. The van der Waals surface area contributed by atoms with E-state index < -0.39 is 15.8 Å². The van der Waals surface area contributed by atoms with Crippen LogP contribution in [0.3, 0.4) is 0 Å². The second-order valence-corrected chi connectivity index (χ2v) is 7.31. The van der Waals surface area contributed by atoms with Crippen LogP contribution in [0, 0.1) is 12.7 Å². The van der Waals surface area contributed by atoms with Crippen LogP contribution in [0.5, 0.6) is 0 Å². The van der Waals surface area contributed by atoms with E-state index in [1.54, 1.807) is 18.7 Å². The normalized spacial score (nSPS) is 13.5. The molecule has 1 aromatic rings. The number of hydrogen-bond acceptors (Lipinski definition) is 4. The Hall–Kier alpha value is -0.790. The third-order valence-electron chi connectivity index (χ3n) is 2.54. The molecule has 0 bridgehead atoms. The van der Waals surface area contributed by atoms with E-state index in [0.29, 0.717) is 5.75 Å². The van der Waals surface area contributed by atoms with Gasteiger partial charge in [-0.15, -0.1) is 0 Å². The van der Waals surface area contributed by atoms with Crippen LogP contribution in [-0.4, -0.2) is 26.0 Å². The zero-order valence-electron chi connectivity index (χ0n) is 11.2. The van der Waals surface area contributed by atoms with Gasteiger partial charge in [-0.1, -0.05) is 6.92 Å². The molecule has 0 aliphatic heterocycles. The van der Waals surface area contributed by atoms with E-state index in [0.717, 1.165) is 11.8 Å². The van der Waals surface area contributed by atoms with Crippen molar-refractivity contribution in [2.45, 2.75) is 31.7 Å². The van der Waals surface area contributed by atoms with Gasteiger partial charge in [0.2, 0.25) is 10.0 Å². The number of hydrogen-bond donors (Lipinski definition) is 2. The Balaban J connectivity index is 3.01. The number of sulfonamides is 1. The first kappa shape index (κ1) is 16.3. The molecular weight excluding hydrogens is 287 g/mol. The van der Waals surface area contributed by atoms with Gasteiger partial charge in [0.15, 0.2) is 0 Å². The summed E-state index contributed by atoms with van der Waals surface area (Å²) in [6, 6.07) is 2.17. The van der Waals surface area contributed by atoms with Crippen LogP contribution in [0.25, 0.3) is 0 Å². The summed E-state index contributed by atoms with van der Waals surface area (Å²) in [6.07, 6.45) is 0. The summed E-state index contributed by atoms with van der Waals surface area (Å²) in [6.45, 7) is 5.20. The van der Waals surface area contributed by atoms with Crippen LogP contribution < -0.4 is 10.5 Å². The molecule has 1 atom stereocenters. The minimum absolute atomic E-state index is 0.0806. The zero-order chi connectivity index (χ0) is 14.6. The van der Waals surface area contributed by atoms with Crippen LogP contribution in [0.1, 0.15) is 19.4 Å². The monoisotopic (exact) mass is 306 g/mol. The molecule has 4 nitrogen and oxygen atoms in total. The van der Waals surface area contributed by atoms with Crippen molar-refractivity contribution >= 4 is 27.5 Å². The number of nitrogen functional groups attached to an aromatic ring is 1. The molecular formula is C12H19FN2O2S2. The van der Waals surface area contributed by atoms with E-state index in [2.05, 4.69) is 4.72 Å². The van der Waals surface area contributed by atoms with Crippen molar-refractivity contribution in [1.82, 2.24) is 4.72 Å². The predicted molar refractivity (Wildman–Crippen MR) is 78.3 cm³/mol. The lowest BCUT2D eigenvalue weighted by atomic mass is 10.2. The maximum Gasteiger partial charge on any atom is 0.241 e. The molecule has 0 aromatic heterocycles. The highest BCUT2D eigenvalue weighted by Crippen LogP contribution is 2.22. The Morgan fingerprint density at radius 3 is 2.68 bits per heavy atom. The molecule has 1 aromatic carbocycles. The standard InChI is InChI=1S/C12H19FN2O2S2/c1-4-18-7-8(2)15-19(16,17)12-6-10(14)5-11(13)9(12)3/h5-6,8,15H,4,7,14H2,1-3H3. The Bertz CT molecular complexity index is 547. The topological polar surface area (TPSA) is 72.2 Å². The molecule has 108 valence electrons. The average molecular weight is 306 g/mol. The number of nitrogens with one attached hydrogen (secondary N) is 1. The maximum atomic E-state index is 13.5. The highest BCUT2D eigenvalue weighted by molar-refractivity contribution is 7.99. The van der Waals surface area contributed by atoms with E-state index in [4.69, 9.17) is 5.73 Å². The molecule has 0 aliphatic rings. The molecule has 0 fully saturated rings. The molecule has 1 rings (SSSR count). The summed E-state index contributed by atoms with van der Waals surface area (Å²) in [5.74, 6) is 0.966. The summed E-state index contributed by atoms with van der Waals surface area (Å²) in [5, 5.41) is 0. The minimum Gasteiger partial charge on any atom is -0.399 e. The molecule has 1 unspecified atom stereocenters. The van der Waals surface area contributed by atoms with Crippen molar-refractivity contribution in [3.8, 4) is 0 Å². The van der Waals surface area contributed by atoms with Gasteiger partial charge in [-0.2, -0.15) is 11.8 Å². The minimum atomic E-state index is -3.75. The van der Waals surface area contributed by atoms with Crippen LogP contribution in [0.15, 0.2) is 17.0 Å². The van der Waals surface area contributed by atoms with Gasteiger partial charge < -0.3 is 5.73 Å². The van der Waals surface area contributed by atoms with Crippen LogP contribution in [0.4, 0.5) is 10.1 Å². The lowest BCUT2D eigenvalue weighted by Gasteiger charge is -2.15. The van der Waals surface area contributed by atoms with Gasteiger partial charge in [-0.25, -0.2) is 17.5 Å². The molecule has 0 amide bonds. The summed E-state index contributed by atoms with van der Waals surface area (Å²) in [5.41, 5.74) is 5.68. The van der Waals surface area contributed by atoms with Gasteiger partial charge in [0.1, 0.15) is 5.82 Å². The predicted octanol–water partition coefficient (Wildman–Crippen LogP) is 2.14. The van der Waals surface area contributed by atoms with Crippen molar-refractivity contribution in [1.29, 1.82) is 0 Å². The second-order valence-electron chi connectivity index (χ2n) is 4.31. The van der Waals surface area contributed by atoms with Crippen molar-refractivity contribution in [3.63, 3.8) is 0 Å². The fraction of sp³-hybridized carbons (Fsp3) is 0.500. The molecule has 0 saturated carbocycles. The number of halogens is 1. The quantitative estimate of drug-likeness (QED) is 0.790. The highest BCUT2D eigenvalue weighted by Gasteiger charge is 2.21. The summed E-state index contributed by atoms with van der Waals surface area (Å²) in [4.78, 5) is -0.0988. The largest absolute Gasteiger partial charge is 0.399 e. The third kappa shape index (κ3) is 4.36. The average Bonchev–Trinajstić information content (AvgIpc) is 2.30. The number of rotatable bonds is 6. The zero-order valence-corrected chi connectivity index (χ0v) is 12.9. The van der Waals surface area contributed by atoms with E-state index in [9.17, 15) is 12.8 Å². The van der Waals surface area contributed by atoms with Crippen LogP contribution >= 0.6 is 11.8 Å². The van der Waals surface area contributed by atoms with Gasteiger partial charge in [-0.05, 0) is 31.7 Å². The maximum absolute atomic E-state index is 13.5. The Morgan fingerprint density at radius 2 is 2.11 bits per heavy atom. The van der Waals surface area contributed by atoms with Gasteiger partial charge in [-0.3, -0.25) is 0 Å². The Morgan fingerprint density at radius 1 is 1.47 bits per heavy atom. The van der Waals surface area contributed by atoms with Crippen molar-refractivity contribution < 1.29 is 12.8 Å². The molecule has 19 heavy (non-hydrogen) atoms. The molecule has 3 N–H and O–H groups in total. The number of thioether (sulfide) groups is 1. The number of nitrogens with two attached hydrogens (primary N) is 1. The van der Waals surface area contributed by atoms with Crippen LogP contribution in [-0.2, 0) is 10.0 Å². The third-order valence-corrected chi connectivity index (χ3v) is 5.40. The van der Waals surface area contributed by atoms with Crippen molar-refractivity contribution in [2.75, 3.05) is 17.2 Å². The van der Waals surface area contributed by atoms with Gasteiger partial charge >= 0.3 is 0 Å². The molecule has 7 heteroatoms. The number of benzene rings is 1. The Labute approximate surface area is 118 Å². The Kier molecular flexibility index (Phi) is 5.64. The molecule has 0 aliphatic carbocycles. The van der Waals surface area contributed by atoms with Crippen LogP contribution in [0.2, 0.25) is 0 Å². The molecule has 0 spiro atoms. The lowest BCUT2D eigenvalue weighted by molar-refractivity contribution is 0.565. The smallest absolute Gasteiger partial charge is 0.241 e. The van der Waals surface area contributed by atoms with Crippen molar-refractivity contribution in [3.05, 3.63) is 23.5 Å². The first-order valence-corrected chi connectivity index (χ1v) is 8.57. The lowest BCUT2D eigenvalue weighted by Crippen LogP contribution is -2.34. The van der Waals surface area contributed by atoms with E-state index in [-0.39, 0.29) is 22.2 Å². The number of anilines is 1. The summed E-state index contributed by atoms with van der Waals surface area (Å²) >= 11 is 1.64. The molecule has 0 radical (unpaired) electrons. The van der Waals surface area contributed by atoms with E-state index in [1.165, 1.54) is 13.0 Å². The summed E-state index contributed by atoms with van der Waals surface area (Å²) < 4.78 is 40.4. The van der Waals surface area contributed by atoms with Gasteiger partial charge in [0, 0.05) is 23.0 Å².